The van der Waals surface area contributed by atoms with Crippen LogP contribution in [-0.2, 0) is 6.42 Å². The fraction of sp³-hybridized carbons (Fsp3) is 0.444. The SMILES string of the molecule is Cc1ccc2cc(CCC3CCNCC3)ccc2c1. The number of rotatable bonds is 3. The smallest absolute Gasteiger partial charge is 0.00463 e. The van der Waals surface area contributed by atoms with Crippen molar-refractivity contribution in [3.05, 3.63) is 47.5 Å². The summed E-state index contributed by atoms with van der Waals surface area (Å²) >= 11 is 0. The molecule has 1 nitrogen and oxygen atoms in total. The summed E-state index contributed by atoms with van der Waals surface area (Å²) in [5.41, 5.74) is 2.84. The van der Waals surface area contributed by atoms with Gasteiger partial charge < -0.3 is 5.32 Å². The van der Waals surface area contributed by atoms with Crippen LogP contribution in [0, 0.1) is 12.8 Å². The highest BCUT2D eigenvalue weighted by molar-refractivity contribution is 5.83. The third-order valence-electron chi connectivity index (χ3n) is 4.36. The highest BCUT2D eigenvalue weighted by Crippen LogP contribution is 2.22. The number of piperidine rings is 1. The minimum Gasteiger partial charge on any atom is -0.317 e. The molecule has 100 valence electrons. The molecule has 1 saturated heterocycles. The van der Waals surface area contributed by atoms with Crippen LogP contribution < -0.4 is 5.32 Å². The molecule has 0 saturated carbocycles. The van der Waals surface area contributed by atoms with E-state index in [0.717, 1.165) is 5.92 Å². The predicted octanol–water partition coefficient (Wildman–Crippen LogP) is 4.08. The first-order chi connectivity index (χ1) is 9.31. The lowest BCUT2D eigenvalue weighted by molar-refractivity contribution is 0.354. The van der Waals surface area contributed by atoms with Crippen molar-refractivity contribution in [2.45, 2.75) is 32.6 Å². The summed E-state index contributed by atoms with van der Waals surface area (Å²) in [6.07, 6.45) is 5.28. The van der Waals surface area contributed by atoms with Crippen LogP contribution in [0.15, 0.2) is 36.4 Å². The molecular weight excluding hydrogens is 230 g/mol. The lowest BCUT2D eigenvalue weighted by Crippen LogP contribution is -2.27. The minimum absolute atomic E-state index is 0.926. The molecule has 0 unspecified atom stereocenters. The van der Waals surface area contributed by atoms with Gasteiger partial charge in [0.1, 0.15) is 0 Å². The Bertz CT molecular complexity index is 553. The van der Waals surface area contributed by atoms with Gasteiger partial charge in [-0.25, -0.2) is 0 Å². The minimum atomic E-state index is 0.926. The van der Waals surface area contributed by atoms with E-state index in [2.05, 4.69) is 48.6 Å². The lowest BCUT2D eigenvalue weighted by Gasteiger charge is -2.22. The molecule has 2 aromatic carbocycles. The Balaban J connectivity index is 1.69. The third kappa shape index (κ3) is 3.16. The molecule has 0 radical (unpaired) electrons. The van der Waals surface area contributed by atoms with Crippen LogP contribution in [0.5, 0.6) is 0 Å². The van der Waals surface area contributed by atoms with Crippen molar-refractivity contribution in [3.63, 3.8) is 0 Å². The average Bonchev–Trinajstić information content (AvgIpc) is 2.46. The average molecular weight is 253 g/mol. The van der Waals surface area contributed by atoms with Crippen LogP contribution in [0.25, 0.3) is 10.8 Å². The van der Waals surface area contributed by atoms with Gasteiger partial charge in [-0.05, 0) is 68.0 Å². The van der Waals surface area contributed by atoms with Gasteiger partial charge in [0.15, 0.2) is 0 Å². The molecular formula is C18H23N. The van der Waals surface area contributed by atoms with E-state index in [9.17, 15) is 0 Å². The standard InChI is InChI=1S/C18H23N/c1-14-2-6-18-13-16(5-7-17(18)12-14)4-3-15-8-10-19-11-9-15/h2,5-7,12-13,15,19H,3-4,8-11H2,1H3. The summed E-state index contributed by atoms with van der Waals surface area (Å²) in [5.74, 6) is 0.926. The Morgan fingerprint density at radius 3 is 2.58 bits per heavy atom. The molecule has 0 aromatic heterocycles. The maximum Gasteiger partial charge on any atom is -0.00463 e. The molecule has 1 heteroatoms. The van der Waals surface area contributed by atoms with E-state index < -0.39 is 0 Å². The molecule has 0 aliphatic carbocycles. The van der Waals surface area contributed by atoms with Gasteiger partial charge in [0, 0.05) is 0 Å². The summed E-state index contributed by atoms with van der Waals surface area (Å²) in [4.78, 5) is 0. The number of benzene rings is 2. The zero-order valence-electron chi connectivity index (χ0n) is 11.8. The first-order valence-electron chi connectivity index (χ1n) is 7.51. The second kappa shape index (κ2) is 5.75. The molecule has 1 fully saturated rings. The zero-order valence-corrected chi connectivity index (χ0v) is 11.8. The molecule has 0 spiro atoms. The van der Waals surface area contributed by atoms with E-state index in [1.807, 2.05) is 0 Å². The van der Waals surface area contributed by atoms with Gasteiger partial charge in [0.05, 0.1) is 0 Å². The highest BCUT2D eigenvalue weighted by Gasteiger charge is 2.12. The predicted molar refractivity (Wildman–Crippen MR) is 82.6 cm³/mol. The van der Waals surface area contributed by atoms with Gasteiger partial charge in [0.2, 0.25) is 0 Å². The van der Waals surface area contributed by atoms with Gasteiger partial charge in [-0.1, -0.05) is 42.0 Å². The Hall–Kier alpha value is -1.34. The first kappa shape index (κ1) is 12.7. The summed E-state index contributed by atoms with van der Waals surface area (Å²) in [5, 5.41) is 6.19. The number of nitrogens with one attached hydrogen (secondary N) is 1. The quantitative estimate of drug-likeness (QED) is 0.869. The first-order valence-corrected chi connectivity index (χ1v) is 7.51. The summed E-state index contributed by atoms with van der Waals surface area (Å²) in [7, 11) is 0. The van der Waals surface area contributed by atoms with Crippen LogP contribution in [0.1, 0.15) is 30.4 Å². The second-order valence-electron chi connectivity index (χ2n) is 5.92. The summed E-state index contributed by atoms with van der Waals surface area (Å²) in [6.45, 7) is 4.58. The lowest BCUT2D eigenvalue weighted by atomic mass is 9.91. The fourth-order valence-electron chi connectivity index (χ4n) is 3.11. The molecule has 1 heterocycles. The summed E-state index contributed by atoms with van der Waals surface area (Å²) in [6, 6.07) is 13.7. The van der Waals surface area contributed by atoms with Crippen molar-refractivity contribution in [3.8, 4) is 0 Å². The molecule has 1 aliphatic rings. The van der Waals surface area contributed by atoms with Gasteiger partial charge in [-0.3, -0.25) is 0 Å². The van der Waals surface area contributed by atoms with E-state index in [4.69, 9.17) is 0 Å². The molecule has 0 atom stereocenters. The number of hydrogen-bond acceptors (Lipinski definition) is 1. The van der Waals surface area contributed by atoms with Crippen molar-refractivity contribution in [2.24, 2.45) is 5.92 Å². The van der Waals surface area contributed by atoms with Crippen LogP contribution in [0.3, 0.4) is 0 Å². The number of hydrogen-bond donors (Lipinski definition) is 1. The topological polar surface area (TPSA) is 12.0 Å². The second-order valence-corrected chi connectivity index (χ2v) is 5.92. The van der Waals surface area contributed by atoms with Crippen molar-refractivity contribution in [1.29, 1.82) is 0 Å². The summed E-state index contributed by atoms with van der Waals surface area (Å²) < 4.78 is 0. The van der Waals surface area contributed by atoms with Crippen LogP contribution in [0.4, 0.5) is 0 Å². The highest BCUT2D eigenvalue weighted by atomic mass is 14.9. The van der Waals surface area contributed by atoms with Gasteiger partial charge in [0.25, 0.3) is 0 Å². The van der Waals surface area contributed by atoms with Crippen molar-refractivity contribution < 1.29 is 0 Å². The van der Waals surface area contributed by atoms with Gasteiger partial charge in [-0.2, -0.15) is 0 Å². The van der Waals surface area contributed by atoms with E-state index in [1.165, 1.54) is 60.7 Å². The zero-order chi connectivity index (χ0) is 13.1. The number of fused-ring (bicyclic) bond motifs is 1. The molecule has 2 aromatic rings. The molecule has 3 rings (SSSR count). The van der Waals surface area contributed by atoms with Gasteiger partial charge in [-0.15, -0.1) is 0 Å². The van der Waals surface area contributed by atoms with Crippen molar-refractivity contribution in [2.75, 3.05) is 13.1 Å². The largest absolute Gasteiger partial charge is 0.317 e. The van der Waals surface area contributed by atoms with E-state index in [1.54, 1.807) is 0 Å². The van der Waals surface area contributed by atoms with Crippen LogP contribution in [-0.4, -0.2) is 13.1 Å². The maximum absolute atomic E-state index is 3.44. The van der Waals surface area contributed by atoms with E-state index in [-0.39, 0.29) is 0 Å². The third-order valence-corrected chi connectivity index (χ3v) is 4.36. The molecule has 0 amide bonds. The molecule has 1 aliphatic heterocycles. The van der Waals surface area contributed by atoms with Crippen molar-refractivity contribution >= 4 is 10.8 Å². The molecule has 19 heavy (non-hydrogen) atoms. The van der Waals surface area contributed by atoms with Crippen LogP contribution in [0.2, 0.25) is 0 Å². The Kier molecular flexibility index (Phi) is 3.84. The molecule has 0 bridgehead atoms. The maximum atomic E-state index is 3.44. The van der Waals surface area contributed by atoms with Crippen molar-refractivity contribution in [1.82, 2.24) is 5.32 Å². The van der Waals surface area contributed by atoms with Gasteiger partial charge >= 0.3 is 0 Å². The Morgan fingerprint density at radius 2 is 1.74 bits per heavy atom. The Morgan fingerprint density at radius 1 is 1.00 bits per heavy atom. The monoisotopic (exact) mass is 253 g/mol. The Labute approximate surface area is 116 Å². The number of aryl methyl sites for hydroxylation is 2. The van der Waals surface area contributed by atoms with E-state index >= 15 is 0 Å². The molecule has 1 N–H and O–H groups in total. The van der Waals surface area contributed by atoms with Crippen LogP contribution >= 0.6 is 0 Å². The van der Waals surface area contributed by atoms with E-state index in [0.29, 0.717) is 0 Å². The fourth-order valence-corrected chi connectivity index (χ4v) is 3.11. The normalized spacial score (nSPS) is 16.9.